The van der Waals surface area contributed by atoms with Gasteiger partial charge in [-0.3, -0.25) is 4.68 Å². The van der Waals surface area contributed by atoms with E-state index in [1.165, 1.54) is 0 Å². The molecule has 1 aromatic heterocycles. The van der Waals surface area contributed by atoms with Crippen LogP contribution in [0.25, 0.3) is 0 Å². The minimum absolute atomic E-state index is 0. The molecule has 0 fully saturated rings. The van der Waals surface area contributed by atoms with Crippen LogP contribution in [0.1, 0.15) is 40.2 Å². The van der Waals surface area contributed by atoms with Crippen LogP contribution in [0.15, 0.2) is 17.4 Å². The van der Waals surface area contributed by atoms with Crippen LogP contribution in [0.2, 0.25) is 0 Å². The normalized spacial score (nSPS) is 15.1. The summed E-state index contributed by atoms with van der Waals surface area (Å²) < 4.78 is 25.1. The van der Waals surface area contributed by atoms with E-state index in [4.69, 9.17) is 0 Å². The summed E-state index contributed by atoms with van der Waals surface area (Å²) in [6, 6.07) is 0. The summed E-state index contributed by atoms with van der Waals surface area (Å²) in [4.78, 5) is 4.37. The van der Waals surface area contributed by atoms with E-state index in [1.54, 1.807) is 51.8 Å². The Bertz CT molecular complexity index is 693. The maximum Gasteiger partial charge on any atom is 0.191 e. The summed E-state index contributed by atoms with van der Waals surface area (Å²) in [6.45, 7) is 9.66. The average Bonchev–Trinajstić information content (AvgIpc) is 2.91. The van der Waals surface area contributed by atoms with Gasteiger partial charge in [0, 0.05) is 31.9 Å². The molecule has 0 aliphatic heterocycles. The molecule has 0 saturated carbocycles. The van der Waals surface area contributed by atoms with Gasteiger partial charge in [0.15, 0.2) is 15.8 Å². The molecule has 10 heteroatoms. The fourth-order valence-corrected chi connectivity index (χ4v) is 2.96. The Labute approximate surface area is 173 Å². The Kier molecular flexibility index (Phi) is 9.55. The Morgan fingerprint density at radius 1 is 1.31 bits per heavy atom. The molecular weight excluding hydrogens is 469 g/mol. The zero-order valence-electron chi connectivity index (χ0n) is 16.4. The minimum atomic E-state index is -3.20. The fraction of sp³-hybridized carbons (Fsp3) is 0.750. The number of halogens is 1. The lowest BCUT2D eigenvalue weighted by molar-refractivity contribution is 0.0672. The highest BCUT2D eigenvalue weighted by Gasteiger charge is 2.28. The molecule has 0 radical (unpaired) electrons. The van der Waals surface area contributed by atoms with Gasteiger partial charge in [0.2, 0.25) is 0 Å². The number of aryl methyl sites for hydroxylation is 1. The molecule has 0 amide bonds. The Hall–Kier alpha value is -0.880. The maximum absolute atomic E-state index is 12.1. The molecule has 1 atom stereocenters. The molecule has 0 aliphatic carbocycles. The first kappa shape index (κ1) is 25.1. The largest absolute Gasteiger partial charge is 0.383 e. The van der Waals surface area contributed by atoms with Crippen molar-refractivity contribution in [1.82, 2.24) is 20.4 Å². The van der Waals surface area contributed by atoms with E-state index in [0.717, 1.165) is 0 Å². The number of aromatic nitrogens is 2. The monoisotopic (exact) mass is 501 g/mol. The first-order valence-corrected chi connectivity index (χ1v) is 10.0. The summed E-state index contributed by atoms with van der Waals surface area (Å²) in [5.74, 6) is 0.482. The third kappa shape index (κ3) is 7.39. The van der Waals surface area contributed by atoms with Crippen LogP contribution in [0.5, 0.6) is 0 Å². The predicted molar refractivity (Wildman–Crippen MR) is 116 cm³/mol. The first-order chi connectivity index (χ1) is 11.4. The standard InChI is InChI=1S/C16H31N5O3S.HI/c1-7-17-14(18-8-9-25(23,24)15(2,3)4)19-12-16(5,22)13-10-20-21(6)11-13;/h10-11,22H,7-9,12H2,1-6H3,(H2,17,18,19);1H. The number of rotatable bonds is 7. The topological polar surface area (TPSA) is 109 Å². The number of aliphatic imine (C=N–C) groups is 1. The number of guanidine groups is 1. The number of nitrogens with zero attached hydrogens (tertiary/aromatic N) is 3. The van der Waals surface area contributed by atoms with Crippen molar-refractivity contribution in [3.63, 3.8) is 0 Å². The van der Waals surface area contributed by atoms with E-state index in [0.29, 0.717) is 18.1 Å². The maximum atomic E-state index is 12.1. The van der Waals surface area contributed by atoms with Gasteiger partial charge in [-0.15, -0.1) is 24.0 Å². The van der Waals surface area contributed by atoms with E-state index in [1.807, 2.05) is 6.92 Å². The van der Waals surface area contributed by atoms with Crippen LogP contribution in [0, 0.1) is 0 Å². The average molecular weight is 501 g/mol. The highest BCUT2D eigenvalue weighted by atomic mass is 127. The van der Waals surface area contributed by atoms with Crippen molar-refractivity contribution in [2.45, 2.75) is 45.0 Å². The number of nitrogens with one attached hydrogen (secondary N) is 2. The minimum Gasteiger partial charge on any atom is -0.383 e. The second kappa shape index (κ2) is 9.88. The molecule has 1 rings (SSSR count). The van der Waals surface area contributed by atoms with Gasteiger partial charge in [0.05, 0.1) is 23.2 Å². The van der Waals surface area contributed by atoms with Crippen molar-refractivity contribution in [3.8, 4) is 0 Å². The molecule has 26 heavy (non-hydrogen) atoms. The summed E-state index contributed by atoms with van der Waals surface area (Å²) in [5, 5.41) is 20.7. The second-order valence-electron chi connectivity index (χ2n) is 7.23. The van der Waals surface area contributed by atoms with E-state index in [9.17, 15) is 13.5 Å². The van der Waals surface area contributed by atoms with Crippen LogP contribution >= 0.6 is 24.0 Å². The molecule has 0 saturated heterocycles. The highest BCUT2D eigenvalue weighted by molar-refractivity contribution is 14.0. The Morgan fingerprint density at radius 3 is 2.38 bits per heavy atom. The lowest BCUT2D eigenvalue weighted by Crippen LogP contribution is -2.42. The third-order valence-corrected chi connectivity index (χ3v) is 6.42. The zero-order chi connectivity index (χ0) is 19.3. The van der Waals surface area contributed by atoms with E-state index >= 15 is 0 Å². The first-order valence-electron chi connectivity index (χ1n) is 8.35. The van der Waals surface area contributed by atoms with Gasteiger partial charge in [-0.05, 0) is 34.6 Å². The molecule has 0 aliphatic rings. The van der Waals surface area contributed by atoms with Gasteiger partial charge in [-0.2, -0.15) is 5.10 Å². The number of hydrogen-bond donors (Lipinski definition) is 3. The summed E-state index contributed by atoms with van der Waals surface area (Å²) in [7, 11) is -1.42. The molecule has 8 nitrogen and oxygen atoms in total. The third-order valence-electron chi connectivity index (χ3n) is 3.81. The van der Waals surface area contributed by atoms with Gasteiger partial charge in [-0.1, -0.05) is 0 Å². The van der Waals surface area contributed by atoms with Gasteiger partial charge < -0.3 is 15.7 Å². The molecule has 0 aromatic carbocycles. The van der Waals surface area contributed by atoms with E-state index in [-0.39, 0.29) is 42.8 Å². The van der Waals surface area contributed by atoms with Crippen molar-refractivity contribution in [3.05, 3.63) is 18.0 Å². The summed E-state index contributed by atoms with van der Waals surface area (Å²) in [6.07, 6.45) is 3.34. The van der Waals surface area contributed by atoms with Crippen molar-refractivity contribution < 1.29 is 13.5 Å². The fourth-order valence-electron chi connectivity index (χ4n) is 1.98. The van der Waals surface area contributed by atoms with Crippen LogP contribution < -0.4 is 10.6 Å². The number of hydrogen-bond acceptors (Lipinski definition) is 5. The molecule has 1 heterocycles. The molecular formula is C16H32IN5O3S. The van der Waals surface area contributed by atoms with Gasteiger partial charge >= 0.3 is 0 Å². The van der Waals surface area contributed by atoms with E-state index < -0.39 is 20.2 Å². The molecule has 1 unspecified atom stereocenters. The Balaban J connectivity index is 0.00000625. The molecule has 152 valence electrons. The van der Waals surface area contributed by atoms with Crippen LogP contribution in [0.4, 0.5) is 0 Å². The van der Waals surface area contributed by atoms with Gasteiger partial charge in [0.25, 0.3) is 0 Å². The number of aliphatic hydroxyl groups is 1. The van der Waals surface area contributed by atoms with Crippen LogP contribution in [-0.2, 0) is 22.5 Å². The highest BCUT2D eigenvalue weighted by Crippen LogP contribution is 2.20. The predicted octanol–water partition coefficient (Wildman–Crippen LogP) is 1.01. The molecule has 1 aromatic rings. The molecule has 0 spiro atoms. The number of sulfone groups is 1. The molecule has 0 bridgehead atoms. The molecule has 3 N–H and O–H groups in total. The van der Waals surface area contributed by atoms with Gasteiger partial charge in [0.1, 0.15) is 5.60 Å². The Morgan fingerprint density at radius 2 is 1.92 bits per heavy atom. The zero-order valence-corrected chi connectivity index (χ0v) is 19.6. The lowest BCUT2D eigenvalue weighted by atomic mass is 10.0. The van der Waals surface area contributed by atoms with Crippen LogP contribution in [-0.4, -0.2) is 59.4 Å². The van der Waals surface area contributed by atoms with E-state index in [2.05, 4.69) is 20.7 Å². The van der Waals surface area contributed by atoms with Crippen LogP contribution in [0.3, 0.4) is 0 Å². The quantitative estimate of drug-likeness (QED) is 0.293. The summed E-state index contributed by atoms with van der Waals surface area (Å²) in [5.41, 5.74) is -0.487. The van der Waals surface area contributed by atoms with Crippen molar-refractivity contribution >= 4 is 39.8 Å². The van der Waals surface area contributed by atoms with Crippen molar-refractivity contribution in [2.75, 3.05) is 25.4 Å². The SMILES string of the molecule is CCNC(=NCC(C)(O)c1cnn(C)c1)NCCS(=O)(=O)C(C)(C)C.I. The summed E-state index contributed by atoms with van der Waals surface area (Å²) >= 11 is 0. The smallest absolute Gasteiger partial charge is 0.191 e. The van der Waals surface area contributed by atoms with Crippen molar-refractivity contribution in [1.29, 1.82) is 0 Å². The van der Waals surface area contributed by atoms with Gasteiger partial charge in [-0.25, -0.2) is 13.4 Å². The lowest BCUT2D eigenvalue weighted by Gasteiger charge is -2.21. The second-order valence-corrected chi connectivity index (χ2v) is 10.1. The van der Waals surface area contributed by atoms with Crippen molar-refractivity contribution in [2.24, 2.45) is 12.0 Å².